The van der Waals surface area contributed by atoms with Crippen molar-refractivity contribution in [2.24, 2.45) is 5.92 Å². The molecule has 5 nitrogen and oxygen atoms in total. The Morgan fingerprint density at radius 2 is 2.00 bits per heavy atom. The summed E-state index contributed by atoms with van der Waals surface area (Å²) in [4.78, 5) is 10.5. The molecule has 1 fully saturated rings. The van der Waals surface area contributed by atoms with Crippen molar-refractivity contribution in [3.05, 3.63) is 17.9 Å². The van der Waals surface area contributed by atoms with Crippen LogP contribution in [0.1, 0.15) is 56.0 Å². The van der Waals surface area contributed by atoms with Crippen molar-refractivity contribution in [3.63, 3.8) is 0 Å². The molecule has 0 bridgehead atoms. The van der Waals surface area contributed by atoms with Crippen LogP contribution in [0.15, 0.2) is 21.6 Å². The average molecular weight is 299 g/mol. The molecule has 0 aliphatic heterocycles. The molecule has 1 aromatic rings. The third-order valence-corrected chi connectivity index (χ3v) is 5.24. The van der Waals surface area contributed by atoms with Crippen LogP contribution in [0.25, 0.3) is 0 Å². The first-order valence-corrected chi connectivity index (χ1v) is 8.61. The fraction of sp³-hybridized carbons (Fsp3) is 0.643. The van der Waals surface area contributed by atoms with Crippen LogP contribution >= 0.6 is 0 Å². The van der Waals surface area contributed by atoms with E-state index in [1.807, 2.05) is 0 Å². The number of nitrogens with one attached hydrogen (secondary N) is 1. The number of rotatable bonds is 6. The highest BCUT2D eigenvalue weighted by molar-refractivity contribution is 7.89. The Morgan fingerprint density at radius 3 is 2.55 bits per heavy atom. The zero-order valence-corrected chi connectivity index (χ0v) is 12.5. The summed E-state index contributed by atoms with van der Waals surface area (Å²) >= 11 is 0. The molecule has 1 aliphatic carbocycles. The Bertz CT molecular complexity index is 541. The minimum Gasteiger partial charge on any atom is -0.440 e. The van der Waals surface area contributed by atoms with Gasteiger partial charge in [-0.1, -0.05) is 19.8 Å². The highest BCUT2D eigenvalue weighted by Crippen LogP contribution is 2.28. The van der Waals surface area contributed by atoms with E-state index in [1.165, 1.54) is 25.0 Å². The summed E-state index contributed by atoms with van der Waals surface area (Å²) in [5, 5.41) is -0.185. The molecule has 20 heavy (non-hydrogen) atoms. The first-order valence-electron chi connectivity index (χ1n) is 7.12. The summed E-state index contributed by atoms with van der Waals surface area (Å²) in [5.41, 5.74) is 0. The highest BCUT2D eigenvalue weighted by Gasteiger charge is 2.27. The molecule has 0 aromatic carbocycles. The molecular formula is C14H21NO4S. The van der Waals surface area contributed by atoms with E-state index in [0.717, 1.165) is 31.6 Å². The molecule has 1 heterocycles. The van der Waals surface area contributed by atoms with Crippen LogP contribution in [0.3, 0.4) is 0 Å². The van der Waals surface area contributed by atoms with Gasteiger partial charge in [0.2, 0.25) is 5.09 Å². The van der Waals surface area contributed by atoms with Crippen LogP contribution in [0, 0.1) is 5.92 Å². The first-order chi connectivity index (χ1) is 9.55. The van der Waals surface area contributed by atoms with Crippen LogP contribution in [-0.2, 0) is 10.0 Å². The van der Waals surface area contributed by atoms with Crippen LogP contribution < -0.4 is 4.72 Å². The monoisotopic (exact) mass is 299 g/mol. The molecule has 1 aliphatic rings. The molecule has 6 heteroatoms. The van der Waals surface area contributed by atoms with E-state index in [9.17, 15) is 13.2 Å². The minimum absolute atomic E-state index is 0.0250. The van der Waals surface area contributed by atoms with Crippen molar-refractivity contribution in [1.82, 2.24) is 4.72 Å². The van der Waals surface area contributed by atoms with Gasteiger partial charge in [0.05, 0.1) is 0 Å². The third kappa shape index (κ3) is 3.70. The lowest BCUT2D eigenvalue weighted by Crippen LogP contribution is -2.37. The van der Waals surface area contributed by atoms with Crippen molar-refractivity contribution in [2.45, 2.75) is 56.6 Å². The second-order valence-corrected chi connectivity index (χ2v) is 7.05. The molecule has 1 saturated carbocycles. The summed E-state index contributed by atoms with van der Waals surface area (Å²) in [6, 6.07) is 2.65. The molecule has 0 unspecified atom stereocenters. The highest BCUT2D eigenvalue weighted by atomic mass is 32.2. The summed E-state index contributed by atoms with van der Waals surface area (Å²) < 4.78 is 31.9. The number of hydrogen-bond acceptors (Lipinski definition) is 4. The average Bonchev–Trinajstić information content (AvgIpc) is 2.91. The molecule has 0 atom stereocenters. The van der Waals surface area contributed by atoms with Crippen LogP contribution in [0.5, 0.6) is 0 Å². The molecule has 0 saturated heterocycles. The van der Waals surface area contributed by atoms with E-state index in [-0.39, 0.29) is 16.9 Å². The smallest absolute Gasteiger partial charge is 0.274 e. The minimum atomic E-state index is -3.65. The lowest BCUT2D eigenvalue weighted by Gasteiger charge is -2.28. The van der Waals surface area contributed by atoms with Crippen LogP contribution in [0.2, 0.25) is 0 Å². The standard InChI is InChI=1S/C14H21NO4S/c1-2-3-11-4-6-12(7-5-11)15-20(17,18)14-9-8-13(10-16)19-14/h8-12,15H,2-7H2,1H3. The van der Waals surface area contributed by atoms with Gasteiger partial charge in [0, 0.05) is 6.04 Å². The number of carbonyl (C=O) groups is 1. The molecule has 0 spiro atoms. The molecule has 2 rings (SSSR count). The maximum Gasteiger partial charge on any atom is 0.274 e. The zero-order chi connectivity index (χ0) is 14.6. The van der Waals surface area contributed by atoms with Gasteiger partial charge in [0.1, 0.15) is 0 Å². The molecule has 0 radical (unpaired) electrons. The Kier molecular flexibility index (Phi) is 4.99. The van der Waals surface area contributed by atoms with Crippen LogP contribution in [0.4, 0.5) is 0 Å². The van der Waals surface area contributed by atoms with Gasteiger partial charge < -0.3 is 4.42 Å². The maximum atomic E-state index is 12.1. The van der Waals surface area contributed by atoms with Crippen LogP contribution in [-0.4, -0.2) is 20.7 Å². The van der Waals surface area contributed by atoms with E-state index >= 15 is 0 Å². The fourth-order valence-electron chi connectivity index (χ4n) is 2.80. The summed E-state index contributed by atoms with van der Waals surface area (Å²) in [6.07, 6.45) is 6.77. The second kappa shape index (κ2) is 6.54. The fourth-order valence-corrected chi connectivity index (χ4v) is 4.04. The van der Waals surface area contributed by atoms with Gasteiger partial charge in [-0.05, 0) is 43.7 Å². The van der Waals surface area contributed by atoms with E-state index in [1.54, 1.807) is 0 Å². The SMILES string of the molecule is CCCC1CCC(NS(=O)(=O)c2ccc(C=O)o2)CC1. The quantitative estimate of drug-likeness (QED) is 0.819. The largest absolute Gasteiger partial charge is 0.440 e. The molecule has 1 aromatic heterocycles. The number of sulfonamides is 1. The van der Waals surface area contributed by atoms with Crippen molar-refractivity contribution in [3.8, 4) is 0 Å². The van der Waals surface area contributed by atoms with Crippen molar-refractivity contribution >= 4 is 16.3 Å². The van der Waals surface area contributed by atoms with Gasteiger partial charge in [-0.2, -0.15) is 0 Å². The Labute approximate surface area is 119 Å². The normalized spacial score (nSPS) is 23.6. The summed E-state index contributed by atoms with van der Waals surface area (Å²) in [5.74, 6) is 0.753. The van der Waals surface area contributed by atoms with Gasteiger partial charge >= 0.3 is 0 Å². The molecule has 0 amide bonds. The first kappa shape index (κ1) is 15.3. The van der Waals surface area contributed by atoms with Gasteiger partial charge in [-0.25, -0.2) is 13.1 Å². The van der Waals surface area contributed by atoms with E-state index in [4.69, 9.17) is 4.42 Å². The predicted molar refractivity (Wildman–Crippen MR) is 75.1 cm³/mol. The van der Waals surface area contributed by atoms with Gasteiger partial charge in [-0.15, -0.1) is 0 Å². The Morgan fingerprint density at radius 1 is 1.30 bits per heavy atom. The molecular weight excluding hydrogens is 278 g/mol. The molecule has 1 N–H and O–H groups in total. The predicted octanol–water partition coefficient (Wildman–Crippen LogP) is 2.73. The lowest BCUT2D eigenvalue weighted by atomic mass is 9.84. The van der Waals surface area contributed by atoms with Crippen molar-refractivity contribution < 1.29 is 17.6 Å². The van der Waals surface area contributed by atoms with Crippen molar-refractivity contribution in [1.29, 1.82) is 0 Å². The number of carbonyl (C=O) groups excluding carboxylic acids is 1. The number of hydrogen-bond donors (Lipinski definition) is 1. The van der Waals surface area contributed by atoms with Gasteiger partial charge in [0.15, 0.2) is 12.0 Å². The molecule has 112 valence electrons. The van der Waals surface area contributed by atoms with E-state index < -0.39 is 10.0 Å². The number of aldehydes is 1. The van der Waals surface area contributed by atoms with E-state index in [0.29, 0.717) is 6.29 Å². The van der Waals surface area contributed by atoms with E-state index in [2.05, 4.69) is 11.6 Å². The lowest BCUT2D eigenvalue weighted by molar-refractivity contribution is 0.109. The number of furan rings is 1. The maximum absolute atomic E-state index is 12.1. The van der Waals surface area contributed by atoms with Gasteiger partial charge in [-0.3, -0.25) is 4.79 Å². The second-order valence-electron chi connectivity index (χ2n) is 5.40. The van der Waals surface area contributed by atoms with Crippen molar-refractivity contribution in [2.75, 3.05) is 0 Å². The van der Waals surface area contributed by atoms with Gasteiger partial charge in [0.25, 0.3) is 10.0 Å². The topological polar surface area (TPSA) is 76.4 Å². The summed E-state index contributed by atoms with van der Waals surface area (Å²) in [7, 11) is -3.65. The third-order valence-electron chi connectivity index (χ3n) is 3.85. The summed E-state index contributed by atoms with van der Waals surface area (Å²) in [6.45, 7) is 2.18. The Balaban J connectivity index is 1.94. The Hall–Kier alpha value is -1.14. The zero-order valence-electron chi connectivity index (χ0n) is 11.7.